The Kier molecular flexibility index (Phi) is 6.90. The minimum Gasteiger partial charge on any atom is -0.371 e. The van der Waals surface area contributed by atoms with Gasteiger partial charge in [-0.1, -0.05) is 41.9 Å². The highest BCUT2D eigenvalue weighted by Crippen LogP contribution is 2.44. The molecule has 2 aromatic rings. The molecule has 1 saturated heterocycles. The average Bonchev–Trinajstić information content (AvgIpc) is 3.56. The number of halogens is 2. The zero-order valence-corrected chi connectivity index (χ0v) is 20.7. The number of benzene rings is 2. The van der Waals surface area contributed by atoms with Crippen molar-refractivity contribution in [1.82, 2.24) is 5.32 Å². The van der Waals surface area contributed by atoms with Gasteiger partial charge in [0, 0.05) is 29.5 Å². The van der Waals surface area contributed by atoms with Crippen LogP contribution in [0.5, 0.6) is 0 Å². The summed E-state index contributed by atoms with van der Waals surface area (Å²) in [5, 5.41) is 3.72. The maximum Gasteiger partial charge on any atom is 0.252 e. The molecule has 1 heterocycles. The molecular weight excluding hydrogens is 473 g/mol. The maximum absolute atomic E-state index is 14.4. The summed E-state index contributed by atoms with van der Waals surface area (Å²) in [4.78, 5) is 13.6. The minimum atomic E-state index is -1.24. The lowest BCUT2D eigenvalue weighted by Gasteiger charge is -2.43. The van der Waals surface area contributed by atoms with Gasteiger partial charge >= 0.3 is 0 Å². The van der Waals surface area contributed by atoms with E-state index in [1.54, 1.807) is 18.2 Å². The second kappa shape index (κ2) is 9.79. The number of nitrogens with one attached hydrogen (secondary N) is 1. The van der Waals surface area contributed by atoms with Crippen molar-refractivity contribution >= 4 is 17.5 Å². The SMILES string of the molecule is CC1(C)O[C@H]2[C@@H](OCc3cccc(Cl)c3)C[C@](OCc3ccccc3F)(C(=O)NC3CC3)C[C@H]2O1. The zero-order valence-electron chi connectivity index (χ0n) is 20.0. The van der Waals surface area contributed by atoms with Crippen molar-refractivity contribution in [2.24, 2.45) is 0 Å². The summed E-state index contributed by atoms with van der Waals surface area (Å²) in [7, 11) is 0. The second-order valence-corrected chi connectivity index (χ2v) is 10.6. The van der Waals surface area contributed by atoms with Crippen molar-refractivity contribution in [2.75, 3.05) is 0 Å². The van der Waals surface area contributed by atoms with Crippen LogP contribution in [0.15, 0.2) is 48.5 Å². The molecule has 5 rings (SSSR count). The summed E-state index contributed by atoms with van der Waals surface area (Å²) in [5.74, 6) is -1.39. The topological polar surface area (TPSA) is 66.0 Å². The Balaban J connectivity index is 1.41. The smallest absolute Gasteiger partial charge is 0.252 e. The van der Waals surface area contributed by atoms with Crippen molar-refractivity contribution < 1.29 is 28.1 Å². The molecule has 4 atom stereocenters. The predicted molar refractivity (Wildman–Crippen MR) is 128 cm³/mol. The molecule has 0 bridgehead atoms. The van der Waals surface area contributed by atoms with Gasteiger partial charge < -0.3 is 24.3 Å². The van der Waals surface area contributed by atoms with Crippen LogP contribution in [0.25, 0.3) is 0 Å². The lowest BCUT2D eigenvalue weighted by atomic mass is 9.78. The number of rotatable bonds is 8. The van der Waals surface area contributed by atoms with Gasteiger partial charge in [-0.2, -0.15) is 0 Å². The summed E-state index contributed by atoms with van der Waals surface area (Å²) in [6, 6.07) is 14.0. The van der Waals surface area contributed by atoms with E-state index in [9.17, 15) is 9.18 Å². The molecule has 3 aliphatic rings. The number of carbonyl (C=O) groups excluding carboxylic acids is 1. The van der Waals surface area contributed by atoms with Gasteiger partial charge in [0.2, 0.25) is 0 Å². The molecule has 3 fully saturated rings. The van der Waals surface area contributed by atoms with Gasteiger partial charge in [-0.15, -0.1) is 0 Å². The van der Waals surface area contributed by atoms with Crippen molar-refractivity contribution in [3.8, 4) is 0 Å². The first kappa shape index (κ1) is 24.7. The third-order valence-electron chi connectivity index (χ3n) is 6.79. The Morgan fingerprint density at radius 1 is 1.11 bits per heavy atom. The minimum absolute atomic E-state index is 0.0343. The highest BCUT2D eigenvalue weighted by atomic mass is 35.5. The van der Waals surface area contributed by atoms with Gasteiger partial charge in [0.05, 0.1) is 25.4 Å². The summed E-state index contributed by atoms with van der Waals surface area (Å²) < 4.78 is 39.4. The van der Waals surface area contributed by atoms with Crippen LogP contribution < -0.4 is 5.32 Å². The monoisotopic (exact) mass is 503 g/mol. The van der Waals surface area contributed by atoms with Crippen LogP contribution in [-0.4, -0.2) is 41.6 Å². The lowest BCUT2D eigenvalue weighted by molar-refractivity contribution is -0.183. The maximum atomic E-state index is 14.4. The van der Waals surface area contributed by atoms with Crippen LogP contribution in [0.3, 0.4) is 0 Å². The highest BCUT2D eigenvalue weighted by Gasteiger charge is 2.58. The fourth-order valence-electron chi connectivity index (χ4n) is 4.91. The van der Waals surface area contributed by atoms with Gasteiger partial charge in [0.25, 0.3) is 5.91 Å². The van der Waals surface area contributed by atoms with E-state index >= 15 is 0 Å². The molecular formula is C27H31ClFNO5. The molecule has 0 unspecified atom stereocenters. The van der Waals surface area contributed by atoms with Crippen LogP contribution in [0.2, 0.25) is 5.02 Å². The summed E-state index contributed by atoms with van der Waals surface area (Å²) >= 11 is 6.14. The van der Waals surface area contributed by atoms with E-state index in [2.05, 4.69) is 5.32 Å². The van der Waals surface area contributed by atoms with E-state index in [4.69, 9.17) is 30.5 Å². The van der Waals surface area contributed by atoms with Crippen LogP contribution in [-0.2, 0) is 37.0 Å². The quantitative estimate of drug-likeness (QED) is 0.554. The molecule has 1 N–H and O–H groups in total. The van der Waals surface area contributed by atoms with E-state index in [0.717, 1.165) is 18.4 Å². The number of carbonyl (C=O) groups is 1. The molecule has 35 heavy (non-hydrogen) atoms. The van der Waals surface area contributed by atoms with Crippen molar-refractivity contribution in [1.29, 1.82) is 0 Å². The normalized spacial score (nSPS) is 29.5. The number of ether oxygens (including phenoxy) is 4. The van der Waals surface area contributed by atoms with Crippen LogP contribution in [0, 0.1) is 5.82 Å². The standard InChI is InChI=1S/C27H31ClFNO5/c1-26(2)34-23-14-27(25(31)30-20-10-11-20,33-16-18-7-3-4-9-21(18)29)13-22(24(23)35-26)32-15-17-6-5-8-19(28)12-17/h3-9,12,20,22-24H,10-11,13-16H2,1-2H3,(H,30,31)/t22-,23+,24-,27+/m0/s1. The third kappa shape index (κ3) is 5.70. The fraction of sp³-hybridized carbons (Fsp3) is 0.519. The van der Waals surface area contributed by atoms with Gasteiger partial charge in [0.1, 0.15) is 11.9 Å². The summed E-state index contributed by atoms with van der Waals surface area (Å²) in [5.41, 5.74) is 0.0705. The largest absolute Gasteiger partial charge is 0.371 e. The molecule has 2 aliphatic carbocycles. The molecule has 6 nitrogen and oxygen atoms in total. The predicted octanol–water partition coefficient (Wildman–Crippen LogP) is 4.91. The average molecular weight is 504 g/mol. The van der Waals surface area contributed by atoms with Crippen molar-refractivity contribution in [3.05, 3.63) is 70.5 Å². The van der Waals surface area contributed by atoms with E-state index < -0.39 is 23.6 Å². The third-order valence-corrected chi connectivity index (χ3v) is 7.03. The second-order valence-electron chi connectivity index (χ2n) is 10.1. The lowest BCUT2D eigenvalue weighted by Crippen LogP contribution is -2.60. The Morgan fingerprint density at radius 2 is 1.91 bits per heavy atom. The molecule has 0 aromatic heterocycles. The Labute approximate surface area is 210 Å². The molecule has 0 spiro atoms. The highest BCUT2D eigenvalue weighted by molar-refractivity contribution is 6.30. The fourth-order valence-corrected chi connectivity index (χ4v) is 5.13. The van der Waals surface area contributed by atoms with Gasteiger partial charge in [-0.3, -0.25) is 4.79 Å². The zero-order chi connectivity index (χ0) is 24.6. The van der Waals surface area contributed by atoms with Crippen LogP contribution in [0.1, 0.15) is 50.7 Å². The Hall–Kier alpha value is -2.03. The Bertz CT molecular complexity index is 1080. The number of hydrogen-bond donors (Lipinski definition) is 1. The van der Waals surface area contributed by atoms with Crippen molar-refractivity contribution in [2.45, 2.75) is 88.5 Å². The Morgan fingerprint density at radius 3 is 2.66 bits per heavy atom. The van der Waals surface area contributed by atoms with Gasteiger partial charge in [0.15, 0.2) is 11.4 Å². The molecule has 1 amide bonds. The number of hydrogen-bond acceptors (Lipinski definition) is 5. The molecule has 188 valence electrons. The van der Waals surface area contributed by atoms with Gasteiger partial charge in [-0.05, 0) is 50.5 Å². The summed E-state index contributed by atoms with van der Waals surface area (Å²) in [6.45, 7) is 3.97. The van der Waals surface area contributed by atoms with E-state index in [1.807, 2.05) is 38.1 Å². The van der Waals surface area contributed by atoms with E-state index in [1.165, 1.54) is 6.07 Å². The number of fused-ring (bicyclic) bond motifs is 1. The first-order chi connectivity index (χ1) is 16.7. The first-order valence-electron chi connectivity index (χ1n) is 12.1. The molecule has 2 saturated carbocycles. The van der Waals surface area contributed by atoms with E-state index in [-0.39, 0.29) is 36.9 Å². The first-order valence-corrected chi connectivity index (χ1v) is 12.5. The van der Waals surface area contributed by atoms with Crippen molar-refractivity contribution in [3.63, 3.8) is 0 Å². The summed E-state index contributed by atoms with van der Waals surface area (Å²) in [6.07, 6.45) is 1.22. The van der Waals surface area contributed by atoms with E-state index in [0.29, 0.717) is 23.6 Å². The van der Waals surface area contributed by atoms with Gasteiger partial charge in [-0.25, -0.2) is 4.39 Å². The molecule has 1 aliphatic heterocycles. The molecule has 2 aromatic carbocycles. The van der Waals surface area contributed by atoms with Crippen LogP contribution in [0.4, 0.5) is 4.39 Å². The molecule has 8 heteroatoms. The molecule has 0 radical (unpaired) electrons. The number of amides is 1. The van der Waals surface area contributed by atoms with Crippen LogP contribution >= 0.6 is 11.6 Å².